The fourth-order valence-corrected chi connectivity index (χ4v) is 1.79. The topological polar surface area (TPSA) is 39.2 Å². The number of hydrogen-bond acceptors (Lipinski definition) is 3. The van der Waals surface area contributed by atoms with E-state index >= 15 is 0 Å². The highest BCUT2D eigenvalue weighted by molar-refractivity contribution is 9.10. The lowest BCUT2D eigenvalue weighted by Crippen LogP contribution is -1.96. The number of aromatic nitrogens is 1. The van der Waals surface area contributed by atoms with Gasteiger partial charge in [0.2, 0.25) is 0 Å². The first-order chi connectivity index (χ1) is 8.28. The molecular formula is C13H10BrNO2. The Labute approximate surface area is 108 Å². The molecular weight excluding hydrogens is 282 g/mol. The summed E-state index contributed by atoms with van der Waals surface area (Å²) in [5.74, 6) is 0.649. The van der Waals surface area contributed by atoms with Crippen molar-refractivity contribution >= 4 is 22.2 Å². The minimum absolute atomic E-state index is 0.403. The van der Waals surface area contributed by atoms with Gasteiger partial charge in [-0.25, -0.2) is 4.98 Å². The lowest BCUT2D eigenvalue weighted by Gasteiger charge is -2.06. The first-order valence-corrected chi connectivity index (χ1v) is 5.86. The van der Waals surface area contributed by atoms with Crippen LogP contribution in [-0.2, 0) is 6.61 Å². The third-order valence-electron chi connectivity index (χ3n) is 2.17. The zero-order valence-electron chi connectivity index (χ0n) is 8.97. The fraction of sp³-hybridized carbons (Fsp3) is 0.0769. The minimum Gasteiger partial charge on any atom is -0.487 e. The zero-order valence-corrected chi connectivity index (χ0v) is 10.6. The summed E-state index contributed by atoms with van der Waals surface area (Å²) in [7, 11) is 0. The van der Waals surface area contributed by atoms with Gasteiger partial charge < -0.3 is 4.74 Å². The molecule has 17 heavy (non-hydrogen) atoms. The molecule has 0 bridgehead atoms. The predicted octanol–water partition coefficient (Wildman–Crippen LogP) is 3.24. The third-order valence-corrected chi connectivity index (χ3v) is 2.67. The number of hydrogen-bond donors (Lipinski definition) is 0. The van der Waals surface area contributed by atoms with Gasteiger partial charge in [-0.1, -0.05) is 28.1 Å². The summed E-state index contributed by atoms with van der Waals surface area (Å²) >= 11 is 3.40. The van der Waals surface area contributed by atoms with Gasteiger partial charge in [0.15, 0.2) is 6.29 Å². The Morgan fingerprint density at radius 3 is 2.82 bits per heavy atom. The molecule has 0 aliphatic heterocycles. The van der Waals surface area contributed by atoms with Gasteiger partial charge in [-0.3, -0.25) is 4.79 Å². The molecule has 4 heteroatoms. The molecule has 0 saturated carbocycles. The van der Waals surface area contributed by atoms with E-state index in [1.165, 1.54) is 0 Å². The Hall–Kier alpha value is -1.68. The number of aldehydes is 1. The van der Waals surface area contributed by atoms with Crippen LogP contribution in [0.1, 0.15) is 16.1 Å². The van der Waals surface area contributed by atoms with Crippen LogP contribution in [0.3, 0.4) is 0 Å². The van der Waals surface area contributed by atoms with Crippen molar-refractivity contribution in [3.63, 3.8) is 0 Å². The monoisotopic (exact) mass is 291 g/mol. The van der Waals surface area contributed by atoms with Crippen molar-refractivity contribution < 1.29 is 9.53 Å². The Kier molecular flexibility index (Phi) is 3.88. The number of nitrogens with zero attached hydrogens (tertiary/aromatic N) is 1. The van der Waals surface area contributed by atoms with E-state index in [1.54, 1.807) is 18.3 Å². The van der Waals surface area contributed by atoms with Gasteiger partial charge in [-0.05, 0) is 29.8 Å². The van der Waals surface area contributed by atoms with Gasteiger partial charge in [0.1, 0.15) is 18.1 Å². The van der Waals surface area contributed by atoms with Gasteiger partial charge in [0.05, 0.1) is 6.20 Å². The molecule has 1 aromatic carbocycles. The van der Waals surface area contributed by atoms with E-state index in [9.17, 15) is 4.79 Å². The van der Waals surface area contributed by atoms with Gasteiger partial charge in [0.25, 0.3) is 0 Å². The molecule has 0 amide bonds. The van der Waals surface area contributed by atoms with Gasteiger partial charge in [-0.15, -0.1) is 0 Å². The van der Waals surface area contributed by atoms with Crippen LogP contribution < -0.4 is 4.74 Å². The molecule has 0 unspecified atom stereocenters. The van der Waals surface area contributed by atoms with Gasteiger partial charge >= 0.3 is 0 Å². The van der Waals surface area contributed by atoms with Crippen LogP contribution in [-0.4, -0.2) is 11.3 Å². The first kappa shape index (κ1) is 11.8. The number of pyridine rings is 1. The number of ether oxygens (including phenoxy) is 1. The number of halogens is 1. The van der Waals surface area contributed by atoms with E-state index in [-0.39, 0.29) is 0 Å². The molecule has 3 nitrogen and oxygen atoms in total. The van der Waals surface area contributed by atoms with Crippen molar-refractivity contribution in [1.82, 2.24) is 4.98 Å². The van der Waals surface area contributed by atoms with E-state index in [0.29, 0.717) is 24.3 Å². The summed E-state index contributed by atoms with van der Waals surface area (Å²) in [6.07, 6.45) is 2.25. The quantitative estimate of drug-likeness (QED) is 0.812. The summed E-state index contributed by atoms with van der Waals surface area (Å²) in [5, 5.41) is 0. The smallest absolute Gasteiger partial charge is 0.168 e. The fourth-order valence-electron chi connectivity index (χ4n) is 1.34. The molecule has 0 atom stereocenters. The van der Waals surface area contributed by atoms with Crippen LogP contribution in [0.2, 0.25) is 0 Å². The molecule has 0 saturated heterocycles. The molecule has 1 heterocycles. The van der Waals surface area contributed by atoms with Crippen LogP contribution in [0.15, 0.2) is 47.1 Å². The third kappa shape index (κ3) is 3.39. The van der Waals surface area contributed by atoms with E-state index in [4.69, 9.17) is 4.74 Å². The normalized spacial score (nSPS) is 9.94. The largest absolute Gasteiger partial charge is 0.487 e. The average Bonchev–Trinajstić information content (AvgIpc) is 2.37. The molecule has 0 radical (unpaired) electrons. The van der Waals surface area contributed by atoms with Crippen LogP contribution in [0, 0.1) is 0 Å². The highest BCUT2D eigenvalue weighted by Crippen LogP contribution is 2.15. The van der Waals surface area contributed by atoms with Gasteiger partial charge in [0, 0.05) is 4.47 Å². The maximum absolute atomic E-state index is 10.4. The summed E-state index contributed by atoms with van der Waals surface area (Å²) in [6, 6.07) is 11.3. The van der Waals surface area contributed by atoms with Crippen LogP contribution in [0.4, 0.5) is 0 Å². The average molecular weight is 292 g/mol. The molecule has 0 aliphatic carbocycles. The Morgan fingerprint density at radius 1 is 1.29 bits per heavy atom. The Morgan fingerprint density at radius 2 is 2.18 bits per heavy atom. The van der Waals surface area contributed by atoms with Crippen molar-refractivity contribution in [1.29, 1.82) is 0 Å². The van der Waals surface area contributed by atoms with E-state index in [0.717, 1.165) is 10.0 Å². The SMILES string of the molecule is O=Cc1ccc(OCc2cccc(Br)c2)cn1. The summed E-state index contributed by atoms with van der Waals surface area (Å²) in [5.41, 5.74) is 1.47. The van der Waals surface area contributed by atoms with E-state index < -0.39 is 0 Å². The molecule has 0 N–H and O–H groups in total. The number of rotatable bonds is 4. The second-order valence-corrected chi connectivity index (χ2v) is 4.37. The van der Waals surface area contributed by atoms with Crippen molar-refractivity contribution in [3.8, 4) is 5.75 Å². The molecule has 0 fully saturated rings. The number of benzene rings is 1. The molecule has 1 aromatic heterocycles. The Bertz CT molecular complexity index is 511. The van der Waals surface area contributed by atoms with Crippen LogP contribution >= 0.6 is 15.9 Å². The first-order valence-electron chi connectivity index (χ1n) is 5.06. The molecule has 0 aliphatic rings. The zero-order chi connectivity index (χ0) is 12.1. The van der Waals surface area contributed by atoms with Crippen molar-refractivity contribution in [2.45, 2.75) is 6.61 Å². The summed E-state index contributed by atoms with van der Waals surface area (Å²) in [6.45, 7) is 0.474. The van der Waals surface area contributed by atoms with Crippen molar-refractivity contribution in [2.75, 3.05) is 0 Å². The standard InChI is InChI=1S/C13H10BrNO2/c14-11-3-1-2-10(6-11)9-17-13-5-4-12(8-16)15-7-13/h1-8H,9H2. The maximum atomic E-state index is 10.4. The van der Waals surface area contributed by atoms with Gasteiger partial charge in [-0.2, -0.15) is 0 Å². The Balaban J connectivity index is 1.99. The van der Waals surface area contributed by atoms with E-state index in [1.807, 2.05) is 24.3 Å². The van der Waals surface area contributed by atoms with Crippen LogP contribution in [0.5, 0.6) is 5.75 Å². The summed E-state index contributed by atoms with van der Waals surface area (Å²) in [4.78, 5) is 14.4. The number of carbonyl (C=O) groups is 1. The second-order valence-electron chi connectivity index (χ2n) is 3.46. The van der Waals surface area contributed by atoms with E-state index in [2.05, 4.69) is 20.9 Å². The summed E-state index contributed by atoms with van der Waals surface area (Å²) < 4.78 is 6.57. The second kappa shape index (κ2) is 5.59. The highest BCUT2D eigenvalue weighted by Gasteiger charge is 1.98. The molecule has 2 rings (SSSR count). The van der Waals surface area contributed by atoms with Crippen LogP contribution in [0.25, 0.3) is 0 Å². The van der Waals surface area contributed by atoms with Crippen molar-refractivity contribution in [3.05, 3.63) is 58.3 Å². The molecule has 0 spiro atoms. The number of carbonyl (C=O) groups excluding carboxylic acids is 1. The van der Waals surface area contributed by atoms with Crippen molar-refractivity contribution in [2.24, 2.45) is 0 Å². The minimum atomic E-state index is 0.403. The predicted molar refractivity (Wildman–Crippen MR) is 68.1 cm³/mol. The highest BCUT2D eigenvalue weighted by atomic mass is 79.9. The maximum Gasteiger partial charge on any atom is 0.168 e. The molecule has 2 aromatic rings. The lowest BCUT2D eigenvalue weighted by molar-refractivity contribution is 0.111. The lowest BCUT2D eigenvalue weighted by atomic mass is 10.2. The molecule has 86 valence electrons.